The number of hydrogen-bond donors (Lipinski definition) is 2. The number of likely N-dealkylation sites (tertiary alicyclic amines) is 1. The number of primary amides is 1. The summed E-state index contributed by atoms with van der Waals surface area (Å²) in [7, 11) is 0. The number of nitrogens with zero attached hydrogens (tertiary/aromatic N) is 1. The molecule has 1 aliphatic heterocycles. The van der Waals surface area contributed by atoms with Crippen LogP contribution in [0.5, 0.6) is 5.75 Å². The summed E-state index contributed by atoms with van der Waals surface area (Å²) in [5.41, 5.74) is 5.39. The van der Waals surface area contributed by atoms with Gasteiger partial charge in [0.1, 0.15) is 23.8 Å². The first-order chi connectivity index (χ1) is 12.9. The lowest BCUT2D eigenvalue weighted by Gasteiger charge is -2.37. The first kappa shape index (κ1) is 20.4. The number of nitrogens with two attached hydrogens (primary N) is 1. The normalized spacial score (nSPS) is 29.4. The number of halogens is 2. The monoisotopic (exact) mass is 398 g/mol. The average Bonchev–Trinajstić information content (AvgIpc) is 2.64. The summed E-state index contributed by atoms with van der Waals surface area (Å²) < 4.78 is 18.9. The highest BCUT2D eigenvalue weighted by molar-refractivity contribution is 6.32. The maximum Gasteiger partial charge on any atom is 0.220 e. The summed E-state index contributed by atoms with van der Waals surface area (Å²) in [5.74, 6) is 0.508. The van der Waals surface area contributed by atoms with Gasteiger partial charge in [-0.1, -0.05) is 11.6 Å². The van der Waals surface area contributed by atoms with Crippen molar-refractivity contribution in [1.29, 1.82) is 0 Å². The summed E-state index contributed by atoms with van der Waals surface area (Å²) in [5, 5.41) is 10.7. The van der Waals surface area contributed by atoms with Crippen LogP contribution in [0.1, 0.15) is 38.5 Å². The number of amides is 1. The van der Waals surface area contributed by atoms with E-state index in [0.717, 1.165) is 45.2 Å². The number of carbonyl (C=O) groups is 1. The SMILES string of the molecule is NC(=O)[C@H]1CC[C@H](CCN2CC[C@H](Oc3ccc(F)cc3Cl)[C@@H](O)C2)CC1. The van der Waals surface area contributed by atoms with Crippen LogP contribution in [0.15, 0.2) is 18.2 Å². The number of piperidine rings is 1. The minimum atomic E-state index is -0.606. The maximum absolute atomic E-state index is 13.1. The van der Waals surface area contributed by atoms with Crippen molar-refractivity contribution in [1.82, 2.24) is 4.90 Å². The van der Waals surface area contributed by atoms with Crippen molar-refractivity contribution in [2.45, 2.75) is 50.7 Å². The predicted molar refractivity (Wildman–Crippen MR) is 102 cm³/mol. The van der Waals surface area contributed by atoms with E-state index in [4.69, 9.17) is 22.1 Å². The molecule has 1 aliphatic carbocycles. The lowest BCUT2D eigenvalue weighted by molar-refractivity contribution is -0.123. The van der Waals surface area contributed by atoms with E-state index in [1.165, 1.54) is 18.2 Å². The number of carbonyl (C=O) groups excluding carboxylic acids is 1. The molecule has 5 nitrogen and oxygen atoms in total. The molecule has 0 bridgehead atoms. The van der Waals surface area contributed by atoms with Crippen LogP contribution in [0.25, 0.3) is 0 Å². The van der Waals surface area contributed by atoms with Crippen molar-refractivity contribution in [3.05, 3.63) is 29.0 Å². The van der Waals surface area contributed by atoms with Crippen molar-refractivity contribution in [2.75, 3.05) is 19.6 Å². The molecular weight excluding hydrogens is 371 g/mol. The van der Waals surface area contributed by atoms with E-state index in [0.29, 0.717) is 24.6 Å². The molecule has 3 N–H and O–H groups in total. The lowest BCUT2D eigenvalue weighted by atomic mass is 9.80. The zero-order chi connectivity index (χ0) is 19.4. The van der Waals surface area contributed by atoms with Crippen molar-refractivity contribution < 1.29 is 19.0 Å². The molecule has 2 fully saturated rings. The summed E-state index contributed by atoms with van der Waals surface area (Å²) in [6.07, 6.45) is 4.74. The second kappa shape index (κ2) is 9.22. The smallest absolute Gasteiger partial charge is 0.220 e. The molecule has 7 heteroatoms. The molecule has 0 spiro atoms. The van der Waals surface area contributed by atoms with Crippen molar-refractivity contribution in [2.24, 2.45) is 17.6 Å². The van der Waals surface area contributed by atoms with Crippen LogP contribution in [-0.4, -0.2) is 47.8 Å². The summed E-state index contributed by atoms with van der Waals surface area (Å²) >= 11 is 6.00. The van der Waals surface area contributed by atoms with Crippen LogP contribution < -0.4 is 10.5 Å². The van der Waals surface area contributed by atoms with Crippen LogP contribution in [0.3, 0.4) is 0 Å². The number of benzene rings is 1. The van der Waals surface area contributed by atoms with E-state index >= 15 is 0 Å². The third kappa shape index (κ3) is 5.56. The molecule has 1 amide bonds. The molecule has 0 unspecified atom stereocenters. The van der Waals surface area contributed by atoms with Gasteiger partial charge in [-0.15, -0.1) is 0 Å². The Balaban J connectivity index is 1.41. The molecule has 1 aromatic carbocycles. The fourth-order valence-corrected chi connectivity index (χ4v) is 4.36. The molecule has 0 radical (unpaired) electrons. The van der Waals surface area contributed by atoms with Gasteiger partial charge in [0, 0.05) is 19.0 Å². The van der Waals surface area contributed by atoms with E-state index < -0.39 is 11.9 Å². The summed E-state index contributed by atoms with van der Waals surface area (Å²) in [6, 6.07) is 4.01. The molecule has 1 saturated carbocycles. The molecule has 1 saturated heterocycles. The molecule has 27 heavy (non-hydrogen) atoms. The Kier molecular flexibility index (Phi) is 6.95. The number of β-amino-alcohol motifs (C(OH)–C–C–N with tert-alkyl or cyclic N) is 1. The molecule has 1 heterocycles. The Morgan fingerprint density at radius 3 is 2.67 bits per heavy atom. The zero-order valence-corrected chi connectivity index (χ0v) is 16.2. The van der Waals surface area contributed by atoms with Crippen LogP contribution in [-0.2, 0) is 4.79 Å². The predicted octanol–water partition coefficient (Wildman–Crippen LogP) is 2.97. The third-order valence-corrected chi connectivity index (χ3v) is 6.17. The molecular formula is C20H28ClFN2O3. The number of aliphatic hydroxyl groups is 1. The Bertz CT molecular complexity index is 652. The van der Waals surface area contributed by atoms with Gasteiger partial charge in [-0.2, -0.15) is 0 Å². The van der Waals surface area contributed by atoms with Gasteiger partial charge in [0.25, 0.3) is 0 Å². The second-order valence-electron chi connectivity index (χ2n) is 7.80. The van der Waals surface area contributed by atoms with E-state index in [2.05, 4.69) is 4.90 Å². The van der Waals surface area contributed by atoms with Gasteiger partial charge in [-0.3, -0.25) is 4.79 Å². The Labute approximate surface area is 164 Å². The fourth-order valence-electron chi connectivity index (χ4n) is 4.15. The van der Waals surface area contributed by atoms with Crippen molar-refractivity contribution in [3.8, 4) is 5.75 Å². The van der Waals surface area contributed by atoms with Gasteiger partial charge in [0.2, 0.25) is 5.91 Å². The number of hydrogen-bond acceptors (Lipinski definition) is 4. The van der Waals surface area contributed by atoms with Crippen LogP contribution >= 0.6 is 11.6 Å². The fraction of sp³-hybridized carbons (Fsp3) is 0.650. The molecule has 3 rings (SSSR count). The molecule has 1 aromatic rings. The van der Waals surface area contributed by atoms with Gasteiger partial charge in [-0.25, -0.2) is 4.39 Å². The van der Waals surface area contributed by atoms with Crippen LogP contribution in [0.4, 0.5) is 4.39 Å². The summed E-state index contributed by atoms with van der Waals surface area (Å²) in [6.45, 7) is 2.34. The standard InChI is InChI=1S/C20H28ClFN2O3/c21-16-11-15(22)5-6-18(16)27-19-8-10-24(12-17(19)25)9-7-13-1-3-14(4-2-13)20(23)26/h5-6,11,13-14,17,19,25H,1-4,7-10,12H2,(H2,23,26)/t13-,14-,17-,19-/m0/s1. The highest BCUT2D eigenvalue weighted by Crippen LogP contribution is 2.31. The Morgan fingerprint density at radius 1 is 1.30 bits per heavy atom. The second-order valence-corrected chi connectivity index (χ2v) is 8.20. The van der Waals surface area contributed by atoms with Crippen LogP contribution in [0.2, 0.25) is 5.02 Å². The van der Waals surface area contributed by atoms with E-state index in [1.807, 2.05) is 0 Å². The maximum atomic E-state index is 13.1. The molecule has 2 aliphatic rings. The number of ether oxygens (including phenoxy) is 1. The summed E-state index contributed by atoms with van der Waals surface area (Å²) in [4.78, 5) is 13.5. The van der Waals surface area contributed by atoms with Gasteiger partial charge >= 0.3 is 0 Å². The highest BCUT2D eigenvalue weighted by atomic mass is 35.5. The van der Waals surface area contributed by atoms with Crippen LogP contribution in [0, 0.1) is 17.7 Å². The van der Waals surface area contributed by atoms with Gasteiger partial charge < -0.3 is 20.5 Å². The van der Waals surface area contributed by atoms with E-state index in [1.54, 1.807) is 0 Å². The lowest BCUT2D eigenvalue weighted by Crippen LogP contribution is -2.49. The minimum absolute atomic E-state index is 0.0502. The highest BCUT2D eigenvalue weighted by Gasteiger charge is 2.31. The zero-order valence-electron chi connectivity index (χ0n) is 15.4. The number of aliphatic hydroxyl groups excluding tert-OH is 1. The quantitative estimate of drug-likeness (QED) is 0.772. The molecule has 150 valence electrons. The van der Waals surface area contributed by atoms with E-state index in [-0.39, 0.29) is 23.0 Å². The Hall–Kier alpha value is -1.37. The molecule has 2 atom stereocenters. The minimum Gasteiger partial charge on any atom is -0.486 e. The largest absolute Gasteiger partial charge is 0.486 e. The third-order valence-electron chi connectivity index (χ3n) is 5.88. The van der Waals surface area contributed by atoms with E-state index in [9.17, 15) is 14.3 Å². The van der Waals surface area contributed by atoms with Gasteiger partial charge in [-0.05, 0) is 69.2 Å². The first-order valence-corrected chi connectivity index (χ1v) is 10.1. The Morgan fingerprint density at radius 2 is 2.04 bits per heavy atom. The van der Waals surface area contributed by atoms with Gasteiger partial charge in [0.05, 0.1) is 5.02 Å². The topological polar surface area (TPSA) is 75.8 Å². The molecule has 0 aromatic heterocycles. The average molecular weight is 399 g/mol. The van der Waals surface area contributed by atoms with Crippen molar-refractivity contribution in [3.63, 3.8) is 0 Å². The number of rotatable bonds is 6. The first-order valence-electron chi connectivity index (χ1n) is 9.74. The van der Waals surface area contributed by atoms with Gasteiger partial charge in [0.15, 0.2) is 0 Å². The van der Waals surface area contributed by atoms with Crippen molar-refractivity contribution >= 4 is 17.5 Å².